The fourth-order valence-electron chi connectivity index (χ4n) is 3.27. The highest BCUT2D eigenvalue weighted by molar-refractivity contribution is 5.98. The van der Waals surface area contributed by atoms with Crippen molar-refractivity contribution in [3.05, 3.63) is 70.5 Å². The molecule has 0 aliphatic heterocycles. The van der Waals surface area contributed by atoms with Crippen LogP contribution in [0, 0.1) is 5.82 Å². The highest BCUT2D eigenvalue weighted by Crippen LogP contribution is 2.23. The molecule has 0 heterocycles. The summed E-state index contributed by atoms with van der Waals surface area (Å²) in [6, 6.07) is 11.7. The number of halogens is 1. The van der Waals surface area contributed by atoms with E-state index in [9.17, 15) is 14.0 Å². The van der Waals surface area contributed by atoms with Gasteiger partial charge >= 0.3 is 0 Å². The van der Waals surface area contributed by atoms with Crippen LogP contribution in [0.2, 0.25) is 0 Å². The number of hydrogen-bond donors (Lipinski definition) is 1. The molecule has 1 aliphatic carbocycles. The van der Waals surface area contributed by atoms with Crippen molar-refractivity contribution in [2.45, 2.75) is 45.1 Å². The maximum absolute atomic E-state index is 12.9. The van der Waals surface area contributed by atoms with Gasteiger partial charge in [0.1, 0.15) is 5.82 Å². The van der Waals surface area contributed by atoms with E-state index in [-0.39, 0.29) is 36.4 Å². The molecule has 0 saturated carbocycles. The number of nitrogens with one attached hydrogen (secondary N) is 1. The molecule has 25 heavy (non-hydrogen) atoms. The lowest BCUT2D eigenvalue weighted by molar-refractivity contribution is -0.121. The van der Waals surface area contributed by atoms with Gasteiger partial charge < -0.3 is 5.32 Å². The fourth-order valence-corrected chi connectivity index (χ4v) is 3.27. The van der Waals surface area contributed by atoms with E-state index in [4.69, 9.17) is 0 Å². The monoisotopic (exact) mass is 339 g/mol. The first-order valence-electron chi connectivity index (χ1n) is 8.73. The molecule has 2 aromatic rings. The van der Waals surface area contributed by atoms with Gasteiger partial charge in [-0.3, -0.25) is 9.59 Å². The Kier molecular flexibility index (Phi) is 5.27. The Balaban J connectivity index is 1.51. The minimum absolute atomic E-state index is 0.000662. The topological polar surface area (TPSA) is 46.2 Å². The van der Waals surface area contributed by atoms with E-state index in [1.54, 1.807) is 12.1 Å². The van der Waals surface area contributed by atoms with Crippen LogP contribution in [0.5, 0.6) is 0 Å². The summed E-state index contributed by atoms with van der Waals surface area (Å²) >= 11 is 0. The molecule has 1 unspecified atom stereocenters. The molecule has 0 radical (unpaired) electrons. The Morgan fingerprint density at radius 1 is 1.04 bits per heavy atom. The summed E-state index contributed by atoms with van der Waals surface area (Å²) in [6.45, 7) is 1.84. The molecular formula is C21H22FNO2. The zero-order valence-electron chi connectivity index (χ0n) is 14.3. The van der Waals surface area contributed by atoms with Gasteiger partial charge in [0.15, 0.2) is 5.78 Å². The molecule has 0 fully saturated rings. The van der Waals surface area contributed by atoms with E-state index >= 15 is 0 Å². The average Bonchev–Trinajstić information content (AvgIpc) is 3.07. The third-order valence-electron chi connectivity index (χ3n) is 4.75. The molecule has 0 aromatic heterocycles. The van der Waals surface area contributed by atoms with Crippen molar-refractivity contribution >= 4 is 11.7 Å². The minimum Gasteiger partial charge on any atom is -0.350 e. The number of amides is 1. The van der Waals surface area contributed by atoms with E-state index in [1.807, 2.05) is 25.1 Å². The summed E-state index contributed by atoms with van der Waals surface area (Å²) in [5, 5.41) is 2.85. The Morgan fingerprint density at radius 2 is 1.76 bits per heavy atom. The number of rotatable bonds is 6. The first-order valence-corrected chi connectivity index (χ1v) is 8.73. The summed E-state index contributed by atoms with van der Waals surface area (Å²) in [5.41, 5.74) is 4.13. The molecular weight excluding hydrogens is 317 g/mol. The lowest BCUT2D eigenvalue weighted by atomic mass is 10.0. The predicted molar refractivity (Wildman–Crippen MR) is 95.0 cm³/mol. The minimum atomic E-state index is -0.304. The van der Waals surface area contributed by atoms with Crippen LogP contribution in [0.1, 0.15) is 59.3 Å². The summed E-state index contributed by atoms with van der Waals surface area (Å²) in [4.78, 5) is 24.4. The molecule has 1 amide bonds. The lowest BCUT2D eigenvalue weighted by Crippen LogP contribution is -2.27. The molecule has 130 valence electrons. The Labute approximate surface area is 147 Å². The molecule has 2 aromatic carbocycles. The van der Waals surface area contributed by atoms with Crippen LogP contribution in [0.3, 0.4) is 0 Å². The highest BCUT2D eigenvalue weighted by atomic mass is 19.1. The van der Waals surface area contributed by atoms with Crippen LogP contribution in [0.25, 0.3) is 0 Å². The number of benzene rings is 2. The van der Waals surface area contributed by atoms with Crippen molar-refractivity contribution in [3.8, 4) is 0 Å². The SMILES string of the molecule is CC(NC(=O)CCC(=O)c1ccc2c(c1)CCC2)c1ccc(F)cc1. The third kappa shape index (κ3) is 4.32. The molecule has 4 heteroatoms. The number of hydrogen-bond acceptors (Lipinski definition) is 2. The van der Waals surface area contributed by atoms with Gasteiger partial charge in [-0.2, -0.15) is 0 Å². The highest BCUT2D eigenvalue weighted by Gasteiger charge is 2.16. The normalized spacial score (nSPS) is 14.0. The molecule has 0 spiro atoms. The second-order valence-corrected chi connectivity index (χ2v) is 6.60. The molecule has 0 bridgehead atoms. The van der Waals surface area contributed by atoms with Crippen LogP contribution in [-0.2, 0) is 17.6 Å². The standard InChI is InChI=1S/C21H22FNO2/c1-14(15-7-9-19(22)10-8-15)23-21(25)12-11-20(24)18-6-5-16-3-2-4-17(16)13-18/h5-10,13-14H,2-4,11-12H2,1H3,(H,23,25). The first kappa shape index (κ1) is 17.3. The van der Waals surface area contributed by atoms with E-state index in [1.165, 1.54) is 23.3 Å². The van der Waals surface area contributed by atoms with E-state index in [0.29, 0.717) is 5.56 Å². The van der Waals surface area contributed by atoms with Gasteiger partial charge in [-0.15, -0.1) is 0 Å². The molecule has 0 saturated heterocycles. The maximum atomic E-state index is 12.9. The lowest BCUT2D eigenvalue weighted by Gasteiger charge is -2.14. The van der Waals surface area contributed by atoms with Crippen molar-refractivity contribution < 1.29 is 14.0 Å². The van der Waals surface area contributed by atoms with Crippen molar-refractivity contribution in [2.75, 3.05) is 0 Å². The largest absolute Gasteiger partial charge is 0.350 e. The van der Waals surface area contributed by atoms with Gasteiger partial charge in [0, 0.05) is 18.4 Å². The number of Topliss-reactive ketones (excluding diaryl/α,β-unsaturated/α-hetero) is 1. The quantitative estimate of drug-likeness (QED) is 0.804. The van der Waals surface area contributed by atoms with Gasteiger partial charge in [-0.05, 0) is 61.1 Å². The molecule has 1 N–H and O–H groups in total. The van der Waals surface area contributed by atoms with Gasteiger partial charge in [-0.25, -0.2) is 4.39 Å². The van der Waals surface area contributed by atoms with Crippen molar-refractivity contribution in [1.82, 2.24) is 5.32 Å². The van der Waals surface area contributed by atoms with Crippen LogP contribution >= 0.6 is 0 Å². The summed E-state index contributed by atoms with van der Waals surface area (Å²) in [7, 11) is 0. The zero-order valence-corrected chi connectivity index (χ0v) is 14.3. The third-order valence-corrected chi connectivity index (χ3v) is 4.75. The van der Waals surface area contributed by atoms with Gasteiger partial charge in [-0.1, -0.05) is 24.3 Å². The Hall–Kier alpha value is -2.49. The van der Waals surface area contributed by atoms with Gasteiger partial charge in [0.05, 0.1) is 6.04 Å². The second-order valence-electron chi connectivity index (χ2n) is 6.60. The van der Waals surface area contributed by atoms with Crippen LogP contribution < -0.4 is 5.32 Å². The van der Waals surface area contributed by atoms with Gasteiger partial charge in [0.25, 0.3) is 0 Å². The van der Waals surface area contributed by atoms with Crippen molar-refractivity contribution in [1.29, 1.82) is 0 Å². The molecule has 1 aliphatic rings. The number of aryl methyl sites for hydroxylation is 2. The zero-order chi connectivity index (χ0) is 17.8. The molecule has 1 atom stereocenters. The van der Waals surface area contributed by atoms with E-state index in [2.05, 4.69) is 5.32 Å². The van der Waals surface area contributed by atoms with E-state index in [0.717, 1.165) is 24.8 Å². The Bertz CT molecular complexity index is 783. The van der Waals surface area contributed by atoms with Crippen LogP contribution in [0.4, 0.5) is 4.39 Å². The predicted octanol–water partition coefficient (Wildman–Crippen LogP) is 4.15. The first-order chi connectivity index (χ1) is 12.0. The summed E-state index contributed by atoms with van der Waals surface area (Å²) in [6.07, 6.45) is 3.62. The number of ketones is 1. The van der Waals surface area contributed by atoms with Crippen molar-refractivity contribution in [3.63, 3.8) is 0 Å². The fraction of sp³-hybridized carbons (Fsp3) is 0.333. The smallest absolute Gasteiger partial charge is 0.220 e. The summed E-state index contributed by atoms with van der Waals surface area (Å²) < 4.78 is 12.9. The van der Waals surface area contributed by atoms with Gasteiger partial charge in [0.2, 0.25) is 5.91 Å². The molecule has 3 nitrogen and oxygen atoms in total. The second kappa shape index (κ2) is 7.60. The van der Waals surface area contributed by atoms with E-state index < -0.39 is 0 Å². The number of carbonyl (C=O) groups is 2. The average molecular weight is 339 g/mol. The Morgan fingerprint density at radius 3 is 2.52 bits per heavy atom. The van der Waals surface area contributed by atoms with Crippen LogP contribution in [-0.4, -0.2) is 11.7 Å². The number of fused-ring (bicyclic) bond motifs is 1. The number of carbonyl (C=O) groups excluding carboxylic acids is 2. The molecule has 3 rings (SSSR count). The maximum Gasteiger partial charge on any atom is 0.220 e. The van der Waals surface area contributed by atoms with Crippen molar-refractivity contribution in [2.24, 2.45) is 0 Å². The van der Waals surface area contributed by atoms with Crippen LogP contribution in [0.15, 0.2) is 42.5 Å². The summed E-state index contributed by atoms with van der Waals surface area (Å²) in [5.74, 6) is -0.479.